The fourth-order valence-corrected chi connectivity index (χ4v) is 2.22. The monoisotopic (exact) mass is 308 g/mol. The molecule has 0 saturated heterocycles. The van der Waals surface area contributed by atoms with Crippen molar-refractivity contribution < 1.29 is 9.84 Å². The number of halogens is 1. The second kappa shape index (κ2) is 7.04. The highest BCUT2D eigenvalue weighted by atomic mass is 35.5. The highest BCUT2D eigenvalue weighted by Crippen LogP contribution is 2.35. The third-order valence-corrected chi connectivity index (χ3v) is 3.92. The van der Waals surface area contributed by atoms with Crippen molar-refractivity contribution in [3.8, 4) is 5.75 Å². The normalized spacial score (nSPS) is 13.9. The van der Waals surface area contributed by atoms with Crippen LogP contribution in [-0.2, 0) is 0 Å². The lowest BCUT2D eigenvalue weighted by molar-refractivity contribution is 0.0959. The molecule has 2 nitrogen and oxygen atoms in total. The van der Waals surface area contributed by atoms with Gasteiger partial charge in [0.2, 0.25) is 0 Å². The van der Waals surface area contributed by atoms with Crippen molar-refractivity contribution in [3.05, 3.63) is 52.8 Å². The minimum atomic E-state index is -0.835. The molecule has 0 saturated carbocycles. The molecule has 0 aliphatic heterocycles. The number of hydrogen-bond acceptors (Lipinski definition) is 2. The maximum Gasteiger partial charge on any atom is 0.159 e. The van der Waals surface area contributed by atoms with Crippen LogP contribution in [0.5, 0.6) is 5.75 Å². The third kappa shape index (κ3) is 4.82. The molecular weight excluding hydrogens is 284 g/mol. The summed E-state index contributed by atoms with van der Waals surface area (Å²) in [5.41, 5.74) is 1.52. The molecule has 3 heteroatoms. The first-order valence-electron chi connectivity index (χ1n) is 7.16. The molecule has 116 valence electrons. The summed E-state index contributed by atoms with van der Waals surface area (Å²) in [7, 11) is 0. The molecule has 21 heavy (non-hydrogen) atoms. The molecule has 0 fully saturated rings. The van der Waals surface area contributed by atoms with Crippen molar-refractivity contribution in [3.63, 3.8) is 0 Å². The molecule has 1 atom stereocenters. The molecule has 0 radical (unpaired) electrons. The zero-order chi connectivity index (χ0) is 16.2. The minimum absolute atomic E-state index is 0.000637. The highest BCUT2D eigenvalue weighted by molar-refractivity contribution is 6.30. The van der Waals surface area contributed by atoms with Gasteiger partial charge < -0.3 is 9.84 Å². The quantitative estimate of drug-likeness (QED) is 0.513. The smallest absolute Gasteiger partial charge is 0.159 e. The van der Waals surface area contributed by atoms with Gasteiger partial charge in [0.05, 0.1) is 0 Å². The maximum atomic E-state index is 9.65. The number of aliphatic hydroxyl groups is 1. The first-order chi connectivity index (χ1) is 9.67. The number of rotatable bonds is 6. The van der Waals surface area contributed by atoms with Crippen molar-refractivity contribution in [1.82, 2.24) is 0 Å². The zero-order valence-electron chi connectivity index (χ0n) is 13.5. The van der Waals surface area contributed by atoms with Gasteiger partial charge in [-0.1, -0.05) is 36.8 Å². The summed E-state index contributed by atoms with van der Waals surface area (Å²) in [6.45, 7) is 13.4. The Kier molecular flexibility index (Phi) is 5.91. The van der Waals surface area contributed by atoms with Gasteiger partial charge in [-0.15, -0.1) is 0 Å². The summed E-state index contributed by atoms with van der Waals surface area (Å²) in [6.07, 6.45) is 3.05. The van der Waals surface area contributed by atoms with E-state index in [2.05, 4.69) is 26.5 Å². The van der Waals surface area contributed by atoms with E-state index in [0.717, 1.165) is 17.7 Å². The lowest BCUT2D eigenvalue weighted by atomic mass is 9.93. The van der Waals surface area contributed by atoms with Crippen molar-refractivity contribution in [2.75, 3.05) is 0 Å². The second-order valence-electron chi connectivity index (χ2n) is 5.98. The van der Waals surface area contributed by atoms with E-state index in [1.807, 2.05) is 19.1 Å². The summed E-state index contributed by atoms with van der Waals surface area (Å²) < 4.78 is 5.96. The van der Waals surface area contributed by atoms with Crippen LogP contribution in [0.4, 0.5) is 0 Å². The maximum absolute atomic E-state index is 9.65. The van der Waals surface area contributed by atoms with Gasteiger partial charge >= 0.3 is 0 Å². The van der Waals surface area contributed by atoms with Crippen LogP contribution in [0.15, 0.2) is 42.2 Å². The predicted octanol–water partition coefficient (Wildman–Crippen LogP) is 6.03. The molecule has 1 unspecified atom stereocenters. The molecule has 0 amide bonds. The molecule has 0 bridgehead atoms. The van der Waals surface area contributed by atoms with Crippen LogP contribution in [0, 0.1) is 0 Å². The fraction of sp³-hybridized carbons (Fsp3) is 0.444. The Balaban J connectivity index is 3.13. The summed E-state index contributed by atoms with van der Waals surface area (Å²) in [5.74, 6) is 1.01. The Labute approximate surface area is 133 Å². The number of allylic oxidation sites excluding steroid dienone is 2. The number of hydrogen-bond donors (Lipinski definition) is 1. The van der Waals surface area contributed by atoms with Gasteiger partial charge in [-0.3, -0.25) is 0 Å². The van der Waals surface area contributed by atoms with E-state index >= 15 is 0 Å². The molecule has 1 rings (SSSR count). The molecule has 1 aromatic carbocycles. The average molecular weight is 309 g/mol. The van der Waals surface area contributed by atoms with Gasteiger partial charge in [-0.05, 0) is 63.8 Å². The van der Waals surface area contributed by atoms with Gasteiger partial charge in [0.25, 0.3) is 0 Å². The van der Waals surface area contributed by atoms with E-state index in [9.17, 15) is 5.11 Å². The summed E-state index contributed by atoms with van der Waals surface area (Å²) >= 11 is 6.13. The van der Waals surface area contributed by atoms with Gasteiger partial charge in [-0.2, -0.15) is 0 Å². The molecule has 0 aliphatic rings. The Hall–Kier alpha value is -1.41. The molecule has 0 aromatic heterocycles. The van der Waals surface area contributed by atoms with Crippen molar-refractivity contribution in [1.29, 1.82) is 0 Å². The van der Waals surface area contributed by atoms with Crippen molar-refractivity contribution in [2.24, 2.45) is 0 Å². The lowest BCUT2D eigenvalue weighted by Crippen LogP contribution is -2.30. The van der Waals surface area contributed by atoms with E-state index in [1.54, 1.807) is 19.9 Å². The highest BCUT2D eigenvalue weighted by Gasteiger charge is 2.26. The van der Waals surface area contributed by atoms with Crippen LogP contribution in [-0.4, -0.2) is 10.7 Å². The molecule has 0 spiro atoms. The van der Waals surface area contributed by atoms with Crippen LogP contribution in [0.3, 0.4) is 0 Å². The Bertz CT molecular complexity index is 544. The first kappa shape index (κ1) is 17.6. The van der Waals surface area contributed by atoms with Crippen molar-refractivity contribution in [2.45, 2.75) is 52.6 Å². The van der Waals surface area contributed by atoms with E-state index in [4.69, 9.17) is 16.3 Å². The van der Waals surface area contributed by atoms with Gasteiger partial charge in [-0.25, -0.2) is 0 Å². The van der Waals surface area contributed by atoms with Crippen LogP contribution < -0.4 is 4.74 Å². The summed E-state index contributed by atoms with van der Waals surface area (Å²) in [5, 5.41) is 10.3. The third-order valence-electron chi connectivity index (χ3n) is 3.68. The van der Waals surface area contributed by atoms with Crippen LogP contribution in [0.1, 0.15) is 52.5 Å². The van der Waals surface area contributed by atoms with E-state index < -0.39 is 5.60 Å². The minimum Gasteiger partial charge on any atom is -0.509 e. The van der Waals surface area contributed by atoms with Crippen LogP contribution in [0.2, 0.25) is 5.02 Å². The zero-order valence-corrected chi connectivity index (χ0v) is 14.3. The lowest BCUT2D eigenvalue weighted by Gasteiger charge is -2.28. The average Bonchev–Trinajstić information content (AvgIpc) is 2.40. The predicted molar refractivity (Wildman–Crippen MR) is 90.4 cm³/mol. The topological polar surface area (TPSA) is 29.5 Å². The Morgan fingerprint density at radius 2 is 2.10 bits per heavy atom. The number of ether oxygens (including phenoxy) is 1. The van der Waals surface area contributed by atoms with Crippen LogP contribution >= 0.6 is 11.6 Å². The fourth-order valence-electron chi connectivity index (χ4n) is 2.04. The summed E-state index contributed by atoms with van der Waals surface area (Å²) in [6, 6.07) is 5.58. The standard InChI is InChI=1S/C18H25ClO2/c1-7-12(2)10-13(3)16-11-15(19)8-9-17(16)21-18(5,6)14(4)20/h7-9,11,13,20H,4,10H2,1-3,5-6H3/b12-7+. The second-order valence-corrected chi connectivity index (χ2v) is 6.42. The van der Waals surface area contributed by atoms with Crippen LogP contribution in [0.25, 0.3) is 0 Å². The van der Waals surface area contributed by atoms with E-state index in [0.29, 0.717) is 5.02 Å². The molecule has 0 heterocycles. The first-order valence-corrected chi connectivity index (χ1v) is 7.53. The molecule has 0 aliphatic carbocycles. The number of benzene rings is 1. The molecule has 1 aromatic rings. The largest absolute Gasteiger partial charge is 0.509 e. The Morgan fingerprint density at radius 1 is 1.48 bits per heavy atom. The Morgan fingerprint density at radius 3 is 2.62 bits per heavy atom. The van der Waals surface area contributed by atoms with Gasteiger partial charge in [0.1, 0.15) is 11.5 Å². The molecule has 1 N–H and O–H groups in total. The molecular formula is C18H25ClO2. The van der Waals surface area contributed by atoms with E-state index in [-0.39, 0.29) is 11.7 Å². The summed E-state index contributed by atoms with van der Waals surface area (Å²) in [4.78, 5) is 0. The SMILES string of the molecule is C=C(O)C(C)(C)Oc1ccc(Cl)cc1C(C)C/C(C)=C/C. The van der Waals surface area contributed by atoms with Crippen molar-refractivity contribution >= 4 is 11.6 Å². The van der Waals surface area contributed by atoms with Gasteiger partial charge in [0, 0.05) is 5.02 Å². The van der Waals surface area contributed by atoms with E-state index in [1.165, 1.54) is 5.57 Å². The number of aliphatic hydroxyl groups excluding tert-OH is 1. The van der Waals surface area contributed by atoms with Gasteiger partial charge in [0.15, 0.2) is 5.60 Å².